The summed E-state index contributed by atoms with van der Waals surface area (Å²) in [5, 5.41) is 13.8. The zero-order valence-electron chi connectivity index (χ0n) is 15.1. The number of fused-ring (bicyclic) bond motifs is 1. The maximum absolute atomic E-state index is 11.8. The summed E-state index contributed by atoms with van der Waals surface area (Å²) in [5.41, 5.74) is 2.86. The van der Waals surface area contributed by atoms with Gasteiger partial charge >= 0.3 is 5.97 Å². The number of carboxylic acids is 1. The SMILES string of the molecule is COc1cc(Br)c(CNC(Cc2c[nH]c3ccccc23)C(=O)O)cc1OC. The zero-order valence-corrected chi connectivity index (χ0v) is 16.7. The monoisotopic (exact) mass is 432 g/mol. The molecule has 1 heterocycles. The van der Waals surface area contributed by atoms with E-state index in [0.29, 0.717) is 24.5 Å². The van der Waals surface area contributed by atoms with Gasteiger partial charge in [-0.15, -0.1) is 0 Å². The molecule has 0 aliphatic heterocycles. The van der Waals surface area contributed by atoms with E-state index in [-0.39, 0.29) is 0 Å². The van der Waals surface area contributed by atoms with E-state index in [1.54, 1.807) is 14.2 Å². The molecule has 0 bridgehead atoms. The standard InChI is InChI=1S/C20H21BrN2O4/c1-26-18-8-13(15(21)9-19(18)27-2)11-23-17(20(24)25)7-12-10-22-16-6-4-3-5-14(12)16/h3-6,8-10,17,22-23H,7,11H2,1-2H3,(H,24,25). The predicted octanol–water partition coefficient (Wildman–Crippen LogP) is 3.73. The van der Waals surface area contributed by atoms with Gasteiger partial charge in [-0.3, -0.25) is 10.1 Å². The Morgan fingerprint density at radius 2 is 1.89 bits per heavy atom. The number of aromatic nitrogens is 1. The van der Waals surface area contributed by atoms with Gasteiger partial charge in [0.25, 0.3) is 0 Å². The molecule has 0 aliphatic rings. The molecule has 0 saturated carbocycles. The fourth-order valence-electron chi connectivity index (χ4n) is 3.03. The summed E-state index contributed by atoms with van der Waals surface area (Å²) in [6, 6.07) is 10.8. The number of nitrogens with one attached hydrogen (secondary N) is 2. The van der Waals surface area contributed by atoms with Crippen molar-refractivity contribution in [1.82, 2.24) is 10.3 Å². The third-order valence-electron chi connectivity index (χ3n) is 4.49. The van der Waals surface area contributed by atoms with Crippen LogP contribution in [0.3, 0.4) is 0 Å². The Hall–Kier alpha value is -2.51. The van der Waals surface area contributed by atoms with Crippen LogP contribution in [0.5, 0.6) is 11.5 Å². The number of carbonyl (C=O) groups is 1. The van der Waals surface area contributed by atoms with Gasteiger partial charge < -0.3 is 19.6 Å². The molecule has 7 heteroatoms. The van der Waals surface area contributed by atoms with Crippen molar-refractivity contribution in [2.24, 2.45) is 0 Å². The highest BCUT2D eigenvalue weighted by atomic mass is 79.9. The van der Waals surface area contributed by atoms with Gasteiger partial charge in [-0.05, 0) is 29.3 Å². The first kappa shape index (κ1) is 19.3. The van der Waals surface area contributed by atoms with E-state index in [1.807, 2.05) is 42.6 Å². The number of halogens is 1. The molecule has 3 aromatic rings. The molecule has 142 valence electrons. The first-order valence-corrected chi connectivity index (χ1v) is 9.24. The summed E-state index contributed by atoms with van der Waals surface area (Å²) in [4.78, 5) is 14.9. The minimum atomic E-state index is -0.892. The van der Waals surface area contributed by atoms with Gasteiger partial charge in [0.15, 0.2) is 11.5 Å². The maximum atomic E-state index is 11.8. The van der Waals surface area contributed by atoms with Crippen molar-refractivity contribution in [2.75, 3.05) is 14.2 Å². The van der Waals surface area contributed by atoms with Crippen LogP contribution in [0, 0.1) is 0 Å². The van der Waals surface area contributed by atoms with Gasteiger partial charge in [0, 0.05) is 34.5 Å². The topological polar surface area (TPSA) is 83.6 Å². The van der Waals surface area contributed by atoms with E-state index in [1.165, 1.54) is 0 Å². The molecule has 0 fully saturated rings. The van der Waals surface area contributed by atoms with Crippen LogP contribution in [0.4, 0.5) is 0 Å². The number of methoxy groups -OCH3 is 2. The van der Waals surface area contributed by atoms with Crippen molar-refractivity contribution < 1.29 is 19.4 Å². The van der Waals surface area contributed by atoms with Gasteiger partial charge in [-0.1, -0.05) is 34.1 Å². The van der Waals surface area contributed by atoms with Gasteiger partial charge in [0.1, 0.15) is 6.04 Å². The lowest BCUT2D eigenvalue weighted by Gasteiger charge is -2.16. The Bertz CT molecular complexity index is 954. The summed E-state index contributed by atoms with van der Waals surface area (Å²) in [5.74, 6) is 0.319. The zero-order chi connectivity index (χ0) is 19.4. The fourth-order valence-corrected chi connectivity index (χ4v) is 3.49. The van der Waals surface area contributed by atoms with Crippen molar-refractivity contribution in [3.63, 3.8) is 0 Å². The van der Waals surface area contributed by atoms with E-state index in [9.17, 15) is 9.90 Å². The number of hydrogen-bond donors (Lipinski definition) is 3. The minimum absolute atomic E-state index is 0.375. The molecule has 1 aromatic heterocycles. The van der Waals surface area contributed by atoms with Crippen LogP contribution in [0.15, 0.2) is 47.1 Å². The van der Waals surface area contributed by atoms with E-state index >= 15 is 0 Å². The average Bonchev–Trinajstić information content (AvgIpc) is 3.08. The van der Waals surface area contributed by atoms with Crippen LogP contribution >= 0.6 is 15.9 Å². The van der Waals surface area contributed by atoms with Crippen LogP contribution in [0.25, 0.3) is 10.9 Å². The first-order valence-electron chi connectivity index (χ1n) is 8.45. The molecule has 0 aliphatic carbocycles. The van der Waals surface area contributed by atoms with Crippen LogP contribution in [0.1, 0.15) is 11.1 Å². The smallest absolute Gasteiger partial charge is 0.321 e. The summed E-state index contributed by atoms with van der Waals surface area (Å²) in [7, 11) is 3.14. The Morgan fingerprint density at radius 1 is 1.19 bits per heavy atom. The fraction of sp³-hybridized carbons (Fsp3) is 0.250. The first-order chi connectivity index (χ1) is 13.0. The molecule has 3 N–H and O–H groups in total. The third-order valence-corrected chi connectivity index (χ3v) is 5.23. The molecule has 6 nitrogen and oxygen atoms in total. The second-order valence-corrected chi connectivity index (χ2v) is 6.99. The second-order valence-electron chi connectivity index (χ2n) is 6.13. The number of rotatable bonds is 8. The second kappa shape index (κ2) is 8.45. The minimum Gasteiger partial charge on any atom is -0.493 e. The Labute approximate surface area is 165 Å². The number of H-pyrrole nitrogens is 1. The van der Waals surface area contributed by atoms with Crippen LogP contribution in [-0.4, -0.2) is 36.3 Å². The lowest BCUT2D eigenvalue weighted by Crippen LogP contribution is -2.38. The predicted molar refractivity (Wildman–Crippen MR) is 108 cm³/mol. The van der Waals surface area contributed by atoms with Crippen LogP contribution < -0.4 is 14.8 Å². The molecule has 1 unspecified atom stereocenters. The van der Waals surface area contributed by atoms with Crippen molar-refractivity contribution in [2.45, 2.75) is 19.0 Å². The number of aliphatic carboxylic acids is 1. The Balaban J connectivity index is 1.77. The molecule has 0 spiro atoms. The molecular formula is C20H21BrN2O4. The average molecular weight is 433 g/mol. The summed E-state index contributed by atoms with van der Waals surface area (Å²) >= 11 is 3.50. The molecule has 1 atom stereocenters. The quantitative estimate of drug-likeness (QED) is 0.504. The van der Waals surface area contributed by atoms with Crippen molar-refractivity contribution in [3.8, 4) is 11.5 Å². The largest absolute Gasteiger partial charge is 0.493 e. The highest BCUT2D eigenvalue weighted by Crippen LogP contribution is 2.33. The molecule has 27 heavy (non-hydrogen) atoms. The van der Waals surface area contributed by atoms with Crippen molar-refractivity contribution in [3.05, 3.63) is 58.2 Å². The number of ether oxygens (including phenoxy) is 2. The number of hydrogen-bond acceptors (Lipinski definition) is 4. The molecule has 0 saturated heterocycles. The molecule has 0 amide bonds. The molecule has 3 rings (SSSR count). The van der Waals surface area contributed by atoms with Gasteiger partial charge in [-0.2, -0.15) is 0 Å². The van der Waals surface area contributed by atoms with Crippen molar-refractivity contribution >= 4 is 32.8 Å². The van der Waals surface area contributed by atoms with E-state index < -0.39 is 12.0 Å². The Kier molecular flexibility index (Phi) is 6.03. The van der Waals surface area contributed by atoms with E-state index in [4.69, 9.17) is 9.47 Å². The third kappa shape index (κ3) is 4.26. The lowest BCUT2D eigenvalue weighted by molar-refractivity contribution is -0.139. The summed E-state index contributed by atoms with van der Waals surface area (Å²) < 4.78 is 11.4. The highest BCUT2D eigenvalue weighted by molar-refractivity contribution is 9.10. The van der Waals surface area contributed by atoms with Gasteiger partial charge in [0.2, 0.25) is 0 Å². The van der Waals surface area contributed by atoms with Gasteiger partial charge in [0.05, 0.1) is 14.2 Å². The Morgan fingerprint density at radius 3 is 2.59 bits per heavy atom. The summed E-state index contributed by atoms with van der Waals surface area (Å²) in [6.45, 7) is 0.375. The number of carboxylic acid groups (broad SMARTS) is 1. The van der Waals surface area contributed by atoms with Crippen LogP contribution in [-0.2, 0) is 17.8 Å². The number of aromatic amines is 1. The molecule has 2 aromatic carbocycles. The summed E-state index contributed by atoms with van der Waals surface area (Å²) in [6.07, 6.45) is 2.25. The molecule has 0 radical (unpaired) electrons. The normalized spacial score (nSPS) is 12.1. The molecular weight excluding hydrogens is 412 g/mol. The number of para-hydroxylation sites is 1. The van der Waals surface area contributed by atoms with Crippen LogP contribution in [0.2, 0.25) is 0 Å². The van der Waals surface area contributed by atoms with E-state index in [2.05, 4.69) is 26.2 Å². The van der Waals surface area contributed by atoms with E-state index in [0.717, 1.165) is 26.5 Å². The maximum Gasteiger partial charge on any atom is 0.321 e. The van der Waals surface area contributed by atoms with Crippen molar-refractivity contribution in [1.29, 1.82) is 0 Å². The highest BCUT2D eigenvalue weighted by Gasteiger charge is 2.20. The number of benzene rings is 2. The lowest BCUT2D eigenvalue weighted by atomic mass is 10.0. The van der Waals surface area contributed by atoms with Gasteiger partial charge in [-0.25, -0.2) is 0 Å².